The monoisotopic (exact) mass is 260 g/mol. The van der Waals surface area contributed by atoms with Crippen molar-refractivity contribution in [3.63, 3.8) is 0 Å². The van der Waals surface area contributed by atoms with Crippen molar-refractivity contribution in [1.29, 1.82) is 0 Å². The Morgan fingerprint density at radius 1 is 1.37 bits per heavy atom. The van der Waals surface area contributed by atoms with Gasteiger partial charge in [-0.1, -0.05) is 13.3 Å². The molecule has 2 aromatic rings. The Labute approximate surface area is 112 Å². The van der Waals surface area contributed by atoms with Crippen LogP contribution in [-0.4, -0.2) is 33.8 Å². The van der Waals surface area contributed by atoms with Crippen molar-refractivity contribution in [3.8, 4) is 0 Å². The standard InChI is InChI=1S/C13H20N6/c1-3-4-13(5-6-13)8-15-10-9-7-16-19-11(9)18-12(14-2)17-10/h7H,3-6,8H2,1-2H3,(H3,14,15,16,17,18,19). The summed E-state index contributed by atoms with van der Waals surface area (Å²) in [7, 11) is 1.82. The second kappa shape index (κ2) is 4.68. The molecule has 19 heavy (non-hydrogen) atoms. The molecule has 3 rings (SSSR count). The molecule has 1 aliphatic carbocycles. The lowest BCUT2D eigenvalue weighted by Crippen LogP contribution is -2.16. The third-order valence-corrected chi connectivity index (χ3v) is 3.90. The van der Waals surface area contributed by atoms with Crippen LogP contribution >= 0.6 is 0 Å². The summed E-state index contributed by atoms with van der Waals surface area (Å²) >= 11 is 0. The van der Waals surface area contributed by atoms with Crippen LogP contribution in [0.15, 0.2) is 6.20 Å². The van der Waals surface area contributed by atoms with Crippen molar-refractivity contribution in [2.75, 3.05) is 24.2 Å². The number of nitrogens with one attached hydrogen (secondary N) is 3. The molecule has 2 aromatic heterocycles. The molecule has 1 saturated carbocycles. The van der Waals surface area contributed by atoms with Gasteiger partial charge in [-0.2, -0.15) is 15.1 Å². The van der Waals surface area contributed by atoms with Gasteiger partial charge in [-0.25, -0.2) is 0 Å². The smallest absolute Gasteiger partial charge is 0.226 e. The lowest BCUT2D eigenvalue weighted by atomic mass is 10.0. The first-order valence-corrected chi connectivity index (χ1v) is 6.89. The highest BCUT2D eigenvalue weighted by atomic mass is 15.2. The van der Waals surface area contributed by atoms with Crippen LogP contribution in [0.2, 0.25) is 0 Å². The van der Waals surface area contributed by atoms with E-state index in [9.17, 15) is 0 Å². The summed E-state index contributed by atoms with van der Waals surface area (Å²) in [5, 5.41) is 14.3. The molecule has 0 spiro atoms. The molecule has 0 aliphatic heterocycles. The summed E-state index contributed by atoms with van der Waals surface area (Å²) < 4.78 is 0. The quantitative estimate of drug-likeness (QED) is 0.743. The van der Waals surface area contributed by atoms with E-state index in [1.54, 1.807) is 6.20 Å². The molecule has 1 fully saturated rings. The Morgan fingerprint density at radius 2 is 2.21 bits per heavy atom. The van der Waals surface area contributed by atoms with Gasteiger partial charge in [0.1, 0.15) is 5.82 Å². The van der Waals surface area contributed by atoms with E-state index in [-0.39, 0.29) is 0 Å². The van der Waals surface area contributed by atoms with E-state index >= 15 is 0 Å². The predicted octanol–water partition coefficient (Wildman–Crippen LogP) is 2.39. The number of rotatable bonds is 6. The Hall–Kier alpha value is -1.85. The van der Waals surface area contributed by atoms with Crippen LogP contribution in [0.4, 0.5) is 11.8 Å². The summed E-state index contributed by atoms with van der Waals surface area (Å²) in [6, 6.07) is 0. The summed E-state index contributed by atoms with van der Waals surface area (Å²) in [6.45, 7) is 3.24. The summed E-state index contributed by atoms with van der Waals surface area (Å²) in [4.78, 5) is 8.82. The Balaban J connectivity index is 1.81. The second-order valence-corrected chi connectivity index (χ2v) is 5.38. The molecule has 3 N–H and O–H groups in total. The minimum Gasteiger partial charge on any atom is -0.369 e. The van der Waals surface area contributed by atoms with Gasteiger partial charge in [0.2, 0.25) is 5.95 Å². The first-order valence-electron chi connectivity index (χ1n) is 6.89. The van der Waals surface area contributed by atoms with E-state index < -0.39 is 0 Å². The molecule has 2 heterocycles. The number of H-pyrrole nitrogens is 1. The molecule has 0 atom stereocenters. The lowest BCUT2D eigenvalue weighted by molar-refractivity contribution is 0.485. The maximum atomic E-state index is 4.49. The van der Waals surface area contributed by atoms with Gasteiger partial charge in [0.15, 0.2) is 5.65 Å². The first kappa shape index (κ1) is 12.2. The van der Waals surface area contributed by atoms with Crippen LogP contribution in [-0.2, 0) is 0 Å². The molecule has 102 valence electrons. The molecule has 0 unspecified atom stereocenters. The average molecular weight is 260 g/mol. The fraction of sp³-hybridized carbons (Fsp3) is 0.615. The normalized spacial score (nSPS) is 16.5. The maximum Gasteiger partial charge on any atom is 0.226 e. The number of aromatic amines is 1. The van der Waals surface area contributed by atoms with Crippen LogP contribution < -0.4 is 10.6 Å². The van der Waals surface area contributed by atoms with Gasteiger partial charge >= 0.3 is 0 Å². The topological polar surface area (TPSA) is 78.5 Å². The van der Waals surface area contributed by atoms with E-state index in [1.807, 2.05) is 7.05 Å². The third-order valence-electron chi connectivity index (χ3n) is 3.90. The van der Waals surface area contributed by atoms with Gasteiger partial charge in [0.05, 0.1) is 11.6 Å². The highest BCUT2D eigenvalue weighted by Crippen LogP contribution is 2.49. The Morgan fingerprint density at radius 3 is 2.89 bits per heavy atom. The second-order valence-electron chi connectivity index (χ2n) is 5.38. The fourth-order valence-electron chi connectivity index (χ4n) is 2.57. The highest BCUT2D eigenvalue weighted by molar-refractivity contribution is 5.86. The largest absolute Gasteiger partial charge is 0.369 e. The SMILES string of the molecule is CCCC1(CNc2nc(NC)nc3[nH]ncc23)CC1. The average Bonchev–Trinajstić information content (AvgIpc) is 3.02. The molecule has 0 amide bonds. The van der Waals surface area contributed by atoms with Crippen molar-refractivity contribution in [2.45, 2.75) is 32.6 Å². The minimum absolute atomic E-state index is 0.496. The van der Waals surface area contributed by atoms with Crippen LogP contribution in [0.5, 0.6) is 0 Å². The number of anilines is 2. The van der Waals surface area contributed by atoms with Gasteiger partial charge in [-0.3, -0.25) is 5.10 Å². The molecule has 1 aliphatic rings. The van der Waals surface area contributed by atoms with Crippen LogP contribution in [0, 0.1) is 5.41 Å². The van der Waals surface area contributed by atoms with Crippen molar-refractivity contribution < 1.29 is 0 Å². The number of fused-ring (bicyclic) bond motifs is 1. The molecule has 0 radical (unpaired) electrons. The highest BCUT2D eigenvalue weighted by Gasteiger charge is 2.41. The summed E-state index contributed by atoms with van der Waals surface area (Å²) in [6.07, 6.45) is 6.96. The first-order chi connectivity index (χ1) is 9.26. The third kappa shape index (κ3) is 2.34. The maximum absolute atomic E-state index is 4.49. The zero-order valence-electron chi connectivity index (χ0n) is 11.5. The molecular formula is C13H20N6. The van der Waals surface area contributed by atoms with Crippen LogP contribution in [0.1, 0.15) is 32.6 Å². The van der Waals surface area contributed by atoms with Gasteiger partial charge in [-0.15, -0.1) is 0 Å². The zero-order chi connectivity index (χ0) is 13.3. The molecule has 0 bridgehead atoms. The molecular weight excluding hydrogens is 240 g/mol. The number of hydrogen-bond acceptors (Lipinski definition) is 5. The summed E-state index contributed by atoms with van der Waals surface area (Å²) in [5.41, 5.74) is 1.26. The van der Waals surface area contributed by atoms with Crippen molar-refractivity contribution in [1.82, 2.24) is 20.2 Å². The zero-order valence-corrected chi connectivity index (χ0v) is 11.5. The Bertz CT molecular complexity index is 572. The van der Waals surface area contributed by atoms with Crippen molar-refractivity contribution in [2.24, 2.45) is 5.41 Å². The fourth-order valence-corrected chi connectivity index (χ4v) is 2.57. The number of nitrogens with zero attached hydrogens (tertiary/aromatic N) is 3. The van der Waals surface area contributed by atoms with Gasteiger partial charge in [0, 0.05) is 13.6 Å². The van der Waals surface area contributed by atoms with E-state index in [0.29, 0.717) is 11.4 Å². The van der Waals surface area contributed by atoms with Crippen molar-refractivity contribution in [3.05, 3.63) is 6.20 Å². The van der Waals surface area contributed by atoms with Crippen molar-refractivity contribution >= 4 is 22.8 Å². The number of hydrogen-bond donors (Lipinski definition) is 3. The predicted molar refractivity (Wildman–Crippen MR) is 76.3 cm³/mol. The van der Waals surface area contributed by atoms with E-state index in [4.69, 9.17) is 0 Å². The van der Waals surface area contributed by atoms with Crippen LogP contribution in [0.3, 0.4) is 0 Å². The van der Waals surface area contributed by atoms with Gasteiger partial charge in [0.25, 0.3) is 0 Å². The molecule has 6 heteroatoms. The molecule has 6 nitrogen and oxygen atoms in total. The van der Waals surface area contributed by atoms with Crippen LogP contribution in [0.25, 0.3) is 11.0 Å². The molecule has 0 saturated heterocycles. The van der Waals surface area contributed by atoms with E-state index in [0.717, 1.165) is 23.4 Å². The van der Waals surface area contributed by atoms with E-state index in [2.05, 4.69) is 37.7 Å². The van der Waals surface area contributed by atoms with E-state index in [1.165, 1.54) is 25.7 Å². The summed E-state index contributed by atoms with van der Waals surface area (Å²) in [5.74, 6) is 1.48. The Kier molecular flexibility index (Phi) is 3.00. The molecule has 0 aromatic carbocycles. The van der Waals surface area contributed by atoms with Gasteiger partial charge in [-0.05, 0) is 24.7 Å². The van der Waals surface area contributed by atoms with Gasteiger partial charge < -0.3 is 10.6 Å². The number of aromatic nitrogens is 4. The lowest BCUT2D eigenvalue weighted by Gasteiger charge is -2.16. The minimum atomic E-state index is 0.496.